The quantitative estimate of drug-likeness (QED) is 0.651. The molecule has 2 N–H and O–H groups in total. The molecule has 0 aliphatic carbocycles. The minimum Gasteiger partial charge on any atom is -0.385 e. The monoisotopic (exact) mass is 425 g/mol. The standard InChI is InChI=1S/C22H24ClN5O2/c1-27-12-9-24-21(27)20(29)15-7-10-28(11-8-15)19-6-5-16(14-25-19)22(30)26-18-4-2-3-17(23)13-18/h2-6,9,12-15,20,29H,7-8,10-11H2,1H3,(H,26,30). The van der Waals surface area contributed by atoms with Crippen molar-refractivity contribution in [3.05, 3.63) is 71.4 Å². The Morgan fingerprint density at radius 2 is 2.03 bits per heavy atom. The van der Waals surface area contributed by atoms with E-state index in [2.05, 4.69) is 20.2 Å². The summed E-state index contributed by atoms with van der Waals surface area (Å²) in [5, 5.41) is 14.0. The van der Waals surface area contributed by atoms with Gasteiger partial charge in [-0.1, -0.05) is 17.7 Å². The predicted molar refractivity (Wildman–Crippen MR) is 117 cm³/mol. The third kappa shape index (κ3) is 4.47. The molecular weight excluding hydrogens is 402 g/mol. The van der Waals surface area contributed by atoms with E-state index in [-0.39, 0.29) is 11.8 Å². The summed E-state index contributed by atoms with van der Waals surface area (Å²) in [4.78, 5) is 23.4. The number of amides is 1. The average Bonchev–Trinajstić information content (AvgIpc) is 3.19. The zero-order valence-electron chi connectivity index (χ0n) is 16.7. The normalized spacial score (nSPS) is 15.8. The number of nitrogens with zero attached hydrogens (tertiary/aromatic N) is 4. The second kappa shape index (κ2) is 8.85. The van der Waals surface area contributed by atoms with Crippen LogP contribution in [0, 0.1) is 5.92 Å². The highest BCUT2D eigenvalue weighted by atomic mass is 35.5. The van der Waals surface area contributed by atoms with Gasteiger partial charge in [0.2, 0.25) is 0 Å². The average molecular weight is 426 g/mol. The van der Waals surface area contributed by atoms with Crippen LogP contribution in [0.1, 0.15) is 35.1 Å². The first-order chi connectivity index (χ1) is 14.5. The molecule has 156 valence electrons. The molecule has 30 heavy (non-hydrogen) atoms. The molecule has 3 aromatic rings. The van der Waals surface area contributed by atoms with E-state index in [1.54, 1.807) is 42.7 Å². The Morgan fingerprint density at radius 1 is 1.23 bits per heavy atom. The summed E-state index contributed by atoms with van der Waals surface area (Å²) in [6, 6.07) is 10.7. The van der Waals surface area contributed by atoms with Gasteiger partial charge < -0.3 is 19.9 Å². The maximum absolute atomic E-state index is 12.4. The lowest BCUT2D eigenvalue weighted by Crippen LogP contribution is -2.36. The van der Waals surface area contributed by atoms with Gasteiger partial charge in [0.05, 0.1) is 5.56 Å². The van der Waals surface area contributed by atoms with E-state index in [1.807, 2.05) is 23.9 Å². The number of aryl methyl sites for hydroxylation is 1. The Kier molecular flexibility index (Phi) is 6.01. The Hall–Kier alpha value is -2.90. The van der Waals surface area contributed by atoms with E-state index in [0.717, 1.165) is 31.7 Å². The number of aliphatic hydroxyl groups excluding tert-OH is 1. The van der Waals surface area contributed by atoms with E-state index < -0.39 is 6.10 Å². The molecule has 1 saturated heterocycles. The Bertz CT molecular complexity index is 1010. The first kappa shape index (κ1) is 20.4. The fraction of sp³-hybridized carbons (Fsp3) is 0.318. The summed E-state index contributed by atoms with van der Waals surface area (Å²) in [5.74, 6) is 1.49. The van der Waals surface area contributed by atoms with Gasteiger partial charge in [-0.2, -0.15) is 0 Å². The Balaban J connectivity index is 1.34. The van der Waals surface area contributed by atoms with Crippen molar-refractivity contribution in [3.63, 3.8) is 0 Å². The maximum Gasteiger partial charge on any atom is 0.257 e. The number of imidazole rings is 1. The van der Waals surface area contributed by atoms with E-state index in [4.69, 9.17) is 11.6 Å². The number of hydrogen-bond donors (Lipinski definition) is 2. The fourth-order valence-electron chi connectivity index (χ4n) is 3.79. The van der Waals surface area contributed by atoms with Gasteiger partial charge in [-0.05, 0) is 49.1 Å². The van der Waals surface area contributed by atoms with E-state index in [0.29, 0.717) is 22.1 Å². The molecule has 1 aliphatic heterocycles. The molecular formula is C22H24ClN5O2. The number of rotatable bonds is 5. The molecule has 7 nitrogen and oxygen atoms in total. The van der Waals surface area contributed by atoms with E-state index >= 15 is 0 Å². The molecule has 2 aromatic heterocycles. The molecule has 1 fully saturated rings. The molecule has 0 spiro atoms. The lowest BCUT2D eigenvalue weighted by molar-refractivity contribution is 0.0824. The lowest BCUT2D eigenvalue weighted by atomic mass is 9.90. The van der Waals surface area contributed by atoms with Gasteiger partial charge in [0, 0.05) is 49.4 Å². The van der Waals surface area contributed by atoms with Crippen molar-refractivity contribution in [2.75, 3.05) is 23.3 Å². The zero-order valence-corrected chi connectivity index (χ0v) is 17.5. The topological polar surface area (TPSA) is 83.3 Å². The maximum atomic E-state index is 12.4. The smallest absolute Gasteiger partial charge is 0.257 e. The first-order valence-electron chi connectivity index (χ1n) is 9.94. The Labute approximate surface area is 180 Å². The molecule has 1 aromatic carbocycles. The number of benzene rings is 1. The van der Waals surface area contributed by atoms with Crippen molar-refractivity contribution < 1.29 is 9.90 Å². The fourth-order valence-corrected chi connectivity index (χ4v) is 3.98. The molecule has 4 rings (SSSR count). The van der Waals surface area contributed by atoms with Gasteiger partial charge in [-0.25, -0.2) is 9.97 Å². The second-order valence-electron chi connectivity index (χ2n) is 7.54. The summed E-state index contributed by atoms with van der Waals surface area (Å²) in [6.45, 7) is 1.60. The van der Waals surface area contributed by atoms with Crippen LogP contribution in [-0.4, -0.2) is 38.6 Å². The lowest BCUT2D eigenvalue weighted by Gasteiger charge is -2.34. The van der Waals surface area contributed by atoms with Crippen molar-refractivity contribution in [2.24, 2.45) is 13.0 Å². The number of nitrogens with one attached hydrogen (secondary N) is 1. The molecule has 1 unspecified atom stereocenters. The highest BCUT2D eigenvalue weighted by molar-refractivity contribution is 6.30. The van der Waals surface area contributed by atoms with Crippen molar-refractivity contribution in [1.29, 1.82) is 0 Å². The van der Waals surface area contributed by atoms with Gasteiger partial charge in [0.15, 0.2) is 0 Å². The van der Waals surface area contributed by atoms with Crippen LogP contribution in [0.25, 0.3) is 0 Å². The van der Waals surface area contributed by atoms with Crippen LogP contribution in [0.3, 0.4) is 0 Å². The van der Waals surface area contributed by atoms with E-state index in [1.165, 1.54) is 0 Å². The molecule has 1 aliphatic rings. The molecule has 8 heteroatoms. The van der Waals surface area contributed by atoms with Crippen molar-refractivity contribution in [2.45, 2.75) is 18.9 Å². The first-order valence-corrected chi connectivity index (χ1v) is 10.3. The van der Waals surface area contributed by atoms with Gasteiger partial charge in [0.25, 0.3) is 5.91 Å². The SMILES string of the molecule is Cn1ccnc1C(O)C1CCN(c2ccc(C(=O)Nc3cccc(Cl)c3)cn2)CC1. The number of aliphatic hydroxyl groups is 1. The highest BCUT2D eigenvalue weighted by Crippen LogP contribution is 2.31. The predicted octanol–water partition coefficient (Wildman–Crippen LogP) is 3.67. The molecule has 0 saturated carbocycles. The van der Waals surface area contributed by atoms with Crippen LogP contribution in [0.15, 0.2) is 55.0 Å². The Morgan fingerprint density at radius 3 is 2.67 bits per heavy atom. The molecule has 0 bridgehead atoms. The van der Waals surface area contributed by atoms with Crippen LogP contribution in [0.2, 0.25) is 5.02 Å². The number of hydrogen-bond acceptors (Lipinski definition) is 5. The summed E-state index contributed by atoms with van der Waals surface area (Å²) < 4.78 is 1.87. The molecule has 3 heterocycles. The van der Waals surface area contributed by atoms with Crippen molar-refractivity contribution in [3.8, 4) is 0 Å². The minimum atomic E-state index is -0.558. The summed E-state index contributed by atoms with van der Waals surface area (Å²) in [5.41, 5.74) is 1.13. The number of aromatic nitrogens is 3. The number of pyridine rings is 1. The summed E-state index contributed by atoms with van der Waals surface area (Å²) in [7, 11) is 1.90. The number of carbonyl (C=O) groups excluding carboxylic acids is 1. The second-order valence-corrected chi connectivity index (χ2v) is 7.97. The number of carbonyl (C=O) groups is 1. The molecule has 1 atom stereocenters. The summed E-state index contributed by atoms with van der Waals surface area (Å²) in [6.07, 6.45) is 6.30. The van der Waals surface area contributed by atoms with Gasteiger partial charge in [-0.3, -0.25) is 4.79 Å². The molecule has 1 amide bonds. The van der Waals surface area contributed by atoms with Gasteiger partial charge >= 0.3 is 0 Å². The zero-order chi connectivity index (χ0) is 21.1. The minimum absolute atomic E-state index is 0.171. The van der Waals surface area contributed by atoms with E-state index in [9.17, 15) is 9.90 Å². The van der Waals surface area contributed by atoms with Crippen LogP contribution in [-0.2, 0) is 7.05 Å². The molecule has 0 radical (unpaired) electrons. The largest absolute Gasteiger partial charge is 0.385 e. The van der Waals surface area contributed by atoms with Crippen molar-refractivity contribution in [1.82, 2.24) is 14.5 Å². The highest BCUT2D eigenvalue weighted by Gasteiger charge is 2.28. The number of halogens is 1. The third-order valence-corrected chi connectivity index (χ3v) is 5.76. The van der Waals surface area contributed by atoms with Gasteiger partial charge in [-0.15, -0.1) is 0 Å². The third-order valence-electron chi connectivity index (χ3n) is 5.53. The van der Waals surface area contributed by atoms with Crippen LogP contribution >= 0.6 is 11.6 Å². The van der Waals surface area contributed by atoms with Crippen molar-refractivity contribution >= 4 is 29.0 Å². The number of anilines is 2. The van der Waals surface area contributed by atoms with Gasteiger partial charge in [0.1, 0.15) is 17.7 Å². The number of piperidine rings is 1. The summed E-state index contributed by atoms with van der Waals surface area (Å²) >= 11 is 5.96. The van der Waals surface area contributed by atoms with Crippen LogP contribution < -0.4 is 10.2 Å². The van der Waals surface area contributed by atoms with Crippen LogP contribution in [0.4, 0.5) is 11.5 Å². The van der Waals surface area contributed by atoms with Crippen LogP contribution in [0.5, 0.6) is 0 Å².